The predicted molar refractivity (Wildman–Crippen MR) is 53.9 cm³/mol. The van der Waals surface area contributed by atoms with Crippen LogP contribution in [0.5, 0.6) is 0 Å². The van der Waals surface area contributed by atoms with E-state index >= 15 is 0 Å². The maximum absolute atomic E-state index is 11.0. The second-order valence-electron chi connectivity index (χ2n) is 3.94. The van der Waals surface area contributed by atoms with Crippen molar-refractivity contribution in [1.29, 1.82) is 0 Å². The molecule has 1 aliphatic heterocycles. The van der Waals surface area contributed by atoms with Crippen molar-refractivity contribution in [1.82, 2.24) is 4.90 Å². The van der Waals surface area contributed by atoms with Gasteiger partial charge in [-0.3, -0.25) is 9.89 Å². The average Bonchev–Trinajstić information content (AvgIpc) is 2.34. The van der Waals surface area contributed by atoms with E-state index < -0.39 is 48.1 Å². The zero-order valence-corrected chi connectivity index (χ0v) is 19.0. The summed E-state index contributed by atoms with van der Waals surface area (Å²) in [6.45, 7) is -0.455. The molecule has 1 aliphatic rings. The molecule has 0 aromatic heterocycles. The van der Waals surface area contributed by atoms with Gasteiger partial charge in [-0.25, -0.2) is 4.79 Å². The Bertz CT molecular complexity index is 498. The molecule has 23 heavy (non-hydrogen) atoms. The fourth-order valence-electron chi connectivity index (χ4n) is 1.92. The van der Waals surface area contributed by atoms with E-state index in [1.165, 1.54) is 0 Å². The summed E-state index contributed by atoms with van der Waals surface area (Å²) in [5, 5.41) is 41.3. The number of carboxylic acid groups (broad SMARTS) is 4. The minimum Gasteiger partial charge on any atom is -0.550 e. The predicted octanol–water partition coefficient (Wildman–Crippen LogP) is -14.8. The number of aliphatic carboxylic acids is 4. The van der Waals surface area contributed by atoms with Crippen LogP contribution in [0.15, 0.2) is 4.99 Å². The topological polar surface area (TPSA) is 173 Å². The third-order valence-corrected chi connectivity index (χ3v) is 2.71. The molecular formula is C10H9N2Na3O8. The van der Waals surface area contributed by atoms with Crippen molar-refractivity contribution in [3.63, 3.8) is 0 Å². The van der Waals surface area contributed by atoms with Crippen molar-refractivity contribution in [3.8, 4) is 0 Å². The molecule has 1 heterocycles. The smallest absolute Gasteiger partial charge is 0.550 e. The van der Waals surface area contributed by atoms with E-state index in [1.54, 1.807) is 0 Å². The summed E-state index contributed by atoms with van der Waals surface area (Å²) in [6, 6.07) is -3.82. The third kappa shape index (κ3) is 7.95. The quantitative estimate of drug-likeness (QED) is 0.454. The first-order valence-electron chi connectivity index (χ1n) is 5.40. The monoisotopic (exact) mass is 354 g/mol. The van der Waals surface area contributed by atoms with Crippen molar-refractivity contribution in [2.75, 3.05) is 13.1 Å². The largest absolute Gasteiger partial charge is 1.00 e. The molecule has 0 bridgehead atoms. The van der Waals surface area contributed by atoms with Gasteiger partial charge in [-0.15, -0.1) is 0 Å². The van der Waals surface area contributed by atoms with E-state index in [9.17, 15) is 34.5 Å². The first-order valence-corrected chi connectivity index (χ1v) is 5.40. The molecule has 13 heteroatoms. The Morgan fingerprint density at radius 3 is 2.04 bits per heavy atom. The van der Waals surface area contributed by atoms with Crippen LogP contribution in [-0.2, 0) is 19.2 Å². The molecule has 0 aliphatic carbocycles. The molecule has 110 valence electrons. The molecule has 0 radical (unpaired) electrons. The summed E-state index contributed by atoms with van der Waals surface area (Å²) in [5.41, 5.74) is -0.819. The van der Waals surface area contributed by atoms with Crippen LogP contribution in [0.3, 0.4) is 0 Å². The molecule has 0 aromatic carbocycles. The second kappa shape index (κ2) is 12.8. The van der Waals surface area contributed by atoms with Crippen LogP contribution in [0, 0.1) is 0 Å². The van der Waals surface area contributed by atoms with Gasteiger partial charge in [0.15, 0.2) is 0 Å². The van der Waals surface area contributed by atoms with Gasteiger partial charge in [-0.05, 0) is 0 Å². The Hall–Kier alpha value is 0.510. The number of carbonyl (C=O) groups excluding carboxylic acids is 3. The molecule has 0 amide bonds. The summed E-state index contributed by atoms with van der Waals surface area (Å²) < 4.78 is 0. The summed E-state index contributed by atoms with van der Waals surface area (Å²) >= 11 is 0. The Morgan fingerprint density at radius 2 is 1.70 bits per heavy atom. The number of carbonyl (C=O) groups is 4. The van der Waals surface area contributed by atoms with Gasteiger partial charge in [0, 0.05) is 18.9 Å². The Morgan fingerprint density at radius 1 is 1.17 bits per heavy atom. The molecule has 0 fully saturated rings. The van der Waals surface area contributed by atoms with Crippen LogP contribution in [0.2, 0.25) is 0 Å². The zero-order chi connectivity index (χ0) is 15.4. The fraction of sp³-hybridized carbons (Fsp3) is 0.500. The molecular weight excluding hydrogens is 345 g/mol. The van der Waals surface area contributed by atoms with Gasteiger partial charge in [0.1, 0.15) is 5.71 Å². The molecule has 0 aromatic rings. The van der Waals surface area contributed by atoms with E-state index in [4.69, 9.17) is 5.11 Å². The van der Waals surface area contributed by atoms with Crippen LogP contribution in [0.4, 0.5) is 0 Å². The maximum Gasteiger partial charge on any atom is 1.00 e. The van der Waals surface area contributed by atoms with E-state index in [0.29, 0.717) is 4.90 Å². The van der Waals surface area contributed by atoms with E-state index in [-0.39, 0.29) is 102 Å². The standard InChI is InChI=1S/C10H12N2O8.3Na/c13-5(14)3-4(8(15)16)12-2-1-11-6(9(17)18)7(12)10(19)20;;;/h4,7H,1-3H2,(H,13,14)(H,15,16)(H,17,18)(H,19,20);;;/q;3*+1/p-3. The Balaban J connectivity index is -0.00000133. The Labute approximate surface area is 197 Å². The number of nitrogens with zero attached hydrogens (tertiary/aromatic N) is 2. The molecule has 1 N–H and O–H groups in total. The van der Waals surface area contributed by atoms with Crippen molar-refractivity contribution in [3.05, 3.63) is 0 Å². The first-order chi connectivity index (χ1) is 9.25. The van der Waals surface area contributed by atoms with Gasteiger partial charge >= 0.3 is 94.6 Å². The van der Waals surface area contributed by atoms with Crippen LogP contribution in [0.25, 0.3) is 0 Å². The molecule has 2 atom stereocenters. The average molecular weight is 354 g/mol. The third-order valence-electron chi connectivity index (χ3n) is 2.71. The Kier molecular flexibility index (Phi) is 15.8. The minimum atomic E-state index is -1.97. The van der Waals surface area contributed by atoms with Crippen molar-refractivity contribution in [2.24, 2.45) is 4.99 Å². The normalized spacial score (nSPS) is 18.1. The number of rotatable bonds is 6. The number of carboxylic acids is 4. The molecule has 0 saturated heterocycles. The number of hydrogen-bond acceptors (Lipinski definition) is 9. The molecule has 0 spiro atoms. The molecule has 10 nitrogen and oxygen atoms in total. The van der Waals surface area contributed by atoms with Crippen LogP contribution in [-0.4, -0.2) is 64.8 Å². The van der Waals surface area contributed by atoms with Crippen LogP contribution >= 0.6 is 0 Å². The fourth-order valence-corrected chi connectivity index (χ4v) is 1.92. The van der Waals surface area contributed by atoms with Gasteiger partial charge in [0.05, 0.1) is 30.6 Å². The van der Waals surface area contributed by atoms with Crippen LogP contribution in [0.1, 0.15) is 6.42 Å². The van der Waals surface area contributed by atoms with Gasteiger partial charge < -0.3 is 34.8 Å². The van der Waals surface area contributed by atoms with Gasteiger partial charge in [-0.2, -0.15) is 0 Å². The first kappa shape index (κ1) is 28.3. The molecule has 0 saturated carbocycles. The summed E-state index contributed by atoms with van der Waals surface area (Å²) in [4.78, 5) is 47.5. The molecule has 2 unspecified atom stereocenters. The molecule has 1 rings (SSSR count). The minimum absolute atomic E-state index is 0. The van der Waals surface area contributed by atoms with Crippen molar-refractivity contribution >= 4 is 29.6 Å². The SMILES string of the molecule is O=C([O-])CC(C(=O)[O-])N1CCN=C(C(=O)O)C1C(=O)[O-].[Na+].[Na+].[Na+]. The van der Waals surface area contributed by atoms with E-state index in [0.717, 1.165) is 0 Å². The summed E-state index contributed by atoms with van der Waals surface area (Å²) in [6.07, 6.45) is -1.04. The van der Waals surface area contributed by atoms with Gasteiger partial charge in [-0.1, -0.05) is 0 Å². The van der Waals surface area contributed by atoms with Gasteiger partial charge in [0.25, 0.3) is 0 Å². The van der Waals surface area contributed by atoms with Crippen molar-refractivity contribution < 1.29 is 128 Å². The number of hydrogen-bond donors (Lipinski definition) is 1. The summed E-state index contributed by atoms with van der Waals surface area (Å²) in [5.74, 6) is -7.15. The van der Waals surface area contributed by atoms with Crippen LogP contribution < -0.4 is 104 Å². The zero-order valence-electron chi connectivity index (χ0n) is 13.0. The summed E-state index contributed by atoms with van der Waals surface area (Å²) in [7, 11) is 0. The maximum atomic E-state index is 11.0. The van der Waals surface area contributed by atoms with E-state index in [2.05, 4.69) is 4.99 Å². The van der Waals surface area contributed by atoms with E-state index in [1.807, 2.05) is 0 Å². The number of aliphatic imine (C=N–C) groups is 1. The van der Waals surface area contributed by atoms with Crippen molar-refractivity contribution in [2.45, 2.75) is 18.5 Å². The van der Waals surface area contributed by atoms with Gasteiger partial charge in [0.2, 0.25) is 0 Å². The second-order valence-corrected chi connectivity index (χ2v) is 3.94.